The smallest absolute Gasteiger partial charge is 0.416 e. The molecule has 1 aliphatic carbocycles. The van der Waals surface area contributed by atoms with Crippen LogP contribution in [-0.2, 0) is 6.18 Å². The maximum Gasteiger partial charge on any atom is 0.416 e. The molecule has 1 aliphatic rings. The van der Waals surface area contributed by atoms with Gasteiger partial charge in [-0.3, -0.25) is 4.79 Å². The molecule has 0 radical (unpaired) electrons. The monoisotopic (exact) mass is 258 g/mol. The van der Waals surface area contributed by atoms with E-state index in [1.54, 1.807) is 0 Å². The number of ether oxygens (including phenoxy) is 1. The largest absolute Gasteiger partial charge is 0.496 e. The van der Waals surface area contributed by atoms with Gasteiger partial charge >= 0.3 is 6.18 Å². The molecule has 0 aliphatic heterocycles. The molecule has 1 aromatic rings. The van der Waals surface area contributed by atoms with Crippen LogP contribution in [0, 0.1) is 5.92 Å². The van der Waals surface area contributed by atoms with Crippen LogP contribution in [0.4, 0.5) is 13.2 Å². The van der Waals surface area contributed by atoms with Crippen molar-refractivity contribution in [2.75, 3.05) is 7.11 Å². The molecule has 0 heterocycles. The number of hydrogen-bond donors (Lipinski definition) is 0. The minimum Gasteiger partial charge on any atom is -0.496 e. The molecule has 0 N–H and O–H groups in total. The molecule has 0 bridgehead atoms. The number of carbonyl (C=O) groups is 1. The summed E-state index contributed by atoms with van der Waals surface area (Å²) in [4.78, 5) is 12.0. The minimum absolute atomic E-state index is 0.0389. The molecule has 5 heteroatoms. The van der Waals surface area contributed by atoms with Crippen molar-refractivity contribution in [1.82, 2.24) is 0 Å². The van der Waals surface area contributed by atoms with Crippen LogP contribution >= 0.6 is 0 Å². The first-order valence-electron chi connectivity index (χ1n) is 5.73. The maximum absolute atomic E-state index is 12.6. The molecule has 0 atom stereocenters. The topological polar surface area (TPSA) is 26.3 Å². The summed E-state index contributed by atoms with van der Waals surface area (Å²) in [5, 5.41) is 0. The molecule has 98 valence electrons. The van der Waals surface area contributed by atoms with Gasteiger partial charge in [-0.15, -0.1) is 0 Å². The number of benzene rings is 1. The molecule has 1 saturated carbocycles. The summed E-state index contributed by atoms with van der Waals surface area (Å²) in [6.45, 7) is 0. The van der Waals surface area contributed by atoms with E-state index in [9.17, 15) is 18.0 Å². The number of carbonyl (C=O) groups excluding carboxylic acids is 1. The molecule has 0 amide bonds. The van der Waals surface area contributed by atoms with E-state index >= 15 is 0 Å². The lowest BCUT2D eigenvalue weighted by molar-refractivity contribution is -0.137. The predicted molar refractivity (Wildman–Crippen MR) is 59.7 cm³/mol. The zero-order chi connectivity index (χ0) is 13.3. The molecule has 0 aromatic heterocycles. The van der Waals surface area contributed by atoms with E-state index in [1.807, 2.05) is 0 Å². The molecule has 18 heavy (non-hydrogen) atoms. The normalized spacial score (nSPS) is 16.2. The Bertz CT molecular complexity index is 462. The number of Topliss-reactive ketones (excluding diaryl/α,β-unsaturated/α-hetero) is 1. The lowest BCUT2D eigenvalue weighted by atomic mass is 9.79. The second-order valence-corrected chi connectivity index (χ2v) is 4.40. The minimum atomic E-state index is -4.44. The summed E-state index contributed by atoms with van der Waals surface area (Å²) in [5.74, 6) is -0.188. The first-order valence-corrected chi connectivity index (χ1v) is 5.73. The summed E-state index contributed by atoms with van der Waals surface area (Å²) >= 11 is 0. The lowest BCUT2D eigenvalue weighted by Gasteiger charge is -2.24. The number of alkyl halides is 3. The van der Waals surface area contributed by atoms with E-state index in [-0.39, 0.29) is 23.0 Å². The van der Waals surface area contributed by atoms with Gasteiger partial charge in [0.25, 0.3) is 0 Å². The number of halogens is 3. The summed E-state index contributed by atoms with van der Waals surface area (Å²) in [6, 6.07) is 3.02. The Morgan fingerprint density at radius 2 is 2.00 bits per heavy atom. The standard InChI is InChI=1S/C13H13F3O2/c1-18-11-6-5-9(13(14,15)16)7-10(11)12(17)8-3-2-4-8/h5-8H,2-4H2,1H3. The van der Waals surface area contributed by atoms with Gasteiger partial charge in [0.2, 0.25) is 0 Å². The summed E-state index contributed by atoms with van der Waals surface area (Å²) in [7, 11) is 1.35. The third-order valence-corrected chi connectivity index (χ3v) is 3.27. The Kier molecular flexibility index (Phi) is 3.32. The molecule has 0 spiro atoms. The average Bonchev–Trinajstić information content (AvgIpc) is 2.24. The van der Waals surface area contributed by atoms with E-state index in [0.717, 1.165) is 31.4 Å². The van der Waals surface area contributed by atoms with Crippen molar-refractivity contribution in [3.63, 3.8) is 0 Å². The lowest BCUT2D eigenvalue weighted by Crippen LogP contribution is -2.23. The molecule has 1 fully saturated rings. The number of methoxy groups -OCH3 is 1. The second kappa shape index (κ2) is 4.63. The Morgan fingerprint density at radius 3 is 2.44 bits per heavy atom. The first-order chi connectivity index (χ1) is 8.43. The van der Waals surface area contributed by atoms with Crippen molar-refractivity contribution in [3.8, 4) is 5.75 Å². The molecule has 0 saturated heterocycles. The van der Waals surface area contributed by atoms with Crippen molar-refractivity contribution in [2.45, 2.75) is 25.4 Å². The second-order valence-electron chi connectivity index (χ2n) is 4.40. The van der Waals surface area contributed by atoms with E-state index in [4.69, 9.17) is 4.74 Å². The van der Waals surface area contributed by atoms with Gasteiger partial charge in [0, 0.05) is 5.92 Å². The van der Waals surface area contributed by atoms with Crippen molar-refractivity contribution >= 4 is 5.78 Å². The highest BCUT2D eigenvalue weighted by Gasteiger charge is 2.34. The van der Waals surface area contributed by atoms with Gasteiger partial charge in [-0.1, -0.05) is 6.42 Å². The fourth-order valence-electron chi connectivity index (χ4n) is 1.97. The Labute approximate surface area is 103 Å². The molecule has 2 nitrogen and oxygen atoms in total. The van der Waals surface area contributed by atoms with Gasteiger partial charge in [0.15, 0.2) is 5.78 Å². The average molecular weight is 258 g/mol. The van der Waals surface area contributed by atoms with Crippen LogP contribution in [0.2, 0.25) is 0 Å². The quantitative estimate of drug-likeness (QED) is 0.773. The highest BCUT2D eigenvalue weighted by molar-refractivity contribution is 6.00. The van der Waals surface area contributed by atoms with Crippen molar-refractivity contribution < 1.29 is 22.7 Å². The van der Waals surface area contributed by atoms with Crippen LogP contribution in [-0.4, -0.2) is 12.9 Å². The van der Waals surface area contributed by atoms with Crippen molar-refractivity contribution in [1.29, 1.82) is 0 Å². The first kappa shape index (κ1) is 12.9. The third kappa shape index (κ3) is 2.35. The van der Waals surface area contributed by atoms with Gasteiger partial charge in [-0.25, -0.2) is 0 Å². The molecule has 2 rings (SSSR count). The highest BCUT2D eigenvalue weighted by atomic mass is 19.4. The van der Waals surface area contributed by atoms with Gasteiger partial charge in [-0.05, 0) is 31.0 Å². The Balaban J connectivity index is 2.39. The molecule has 0 unspecified atom stereocenters. The summed E-state index contributed by atoms with van der Waals surface area (Å²) in [6.07, 6.45) is -1.99. The van der Waals surface area contributed by atoms with Crippen LogP contribution < -0.4 is 4.74 Å². The van der Waals surface area contributed by atoms with Crippen molar-refractivity contribution in [3.05, 3.63) is 29.3 Å². The molecule has 1 aromatic carbocycles. The van der Waals surface area contributed by atoms with Crippen LogP contribution in [0.15, 0.2) is 18.2 Å². The summed E-state index contributed by atoms with van der Waals surface area (Å²) in [5.41, 5.74) is -0.775. The summed E-state index contributed by atoms with van der Waals surface area (Å²) < 4.78 is 42.8. The zero-order valence-electron chi connectivity index (χ0n) is 9.88. The van der Waals surface area contributed by atoms with Gasteiger partial charge in [0.05, 0.1) is 18.2 Å². The molecular formula is C13H13F3O2. The van der Waals surface area contributed by atoms with Gasteiger partial charge in [0.1, 0.15) is 5.75 Å². The van der Waals surface area contributed by atoms with Gasteiger partial charge in [-0.2, -0.15) is 13.2 Å². The third-order valence-electron chi connectivity index (χ3n) is 3.27. The van der Waals surface area contributed by atoms with Crippen LogP contribution in [0.3, 0.4) is 0 Å². The number of hydrogen-bond acceptors (Lipinski definition) is 2. The maximum atomic E-state index is 12.6. The zero-order valence-corrected chi connectivity index (χ0v) is 9.88. The van der Waals surface area contributed by atoms with E-state index < -0.39 is 11.7 Å². The van der Waals surface area contributed by atoms with Crippen LogP contribution in [0.25, 0.3) is 0 Å². The molecular weight excluding hydrogens is 245 g/mol. The Hall–Kier alpha value is -1.52. The SMILES string of the molecule is COc1ccc(C(F)(F)F)cc1C(=O)C1CCC1. The van der Waals surface area contributed by atoms with E-state index in [0.29, 0.717) is 0 Å². The number of ketones is 1. The van der Waals surface area contributed by atoms with Gasteiger partial charge < -0.3 is 4.74 Å². The number of rotatable bonds is 3. The highest BCUT2D eigenvalue weighted by Crippen LogP contribution is 2.36. The predicted octanol–water partition coefficient (Wildman–Crippen LogP) is 3.70. The Morgan fingerprint density at radius 1 is 1.33 bits per heavy atom. The van der Waals surface area contributed by atoms with E-state index in [2.05, 4.69) is 0 Å². The fraction of sp³-hybridized carbons (Fsp3) is 0.462. The van der Waals surface area contributed by atoms with Crippen LogP contribution in [0.1, 0.15) is 35.2 Å². The van der Waals surface area contributed by atoms with Crippen LogP contribution in [0.5, 0.6) is 5.75 Å². The van der Waals surface area contributed by atoms with E-state index in [1.165, 1.54) is 13.2 Å². The fourth-order valence-corrected chi connectivity index (χ4v) is 1.97. The van der Waals surface area contributed by atoms with Crippen molar-refractivity contribution in [2.24, 2.45) is 5.92 Å².